The Hall–Kier alpha value is -2.93. The highest BCUT2D eigenvalue weighted by Gasteiger charge is 2.22. The maximum Gasteiger partial charge on any atom is 0.321 e. The van der Waals surface area contributed by atoms with Gasteiger partial charge in [0.25, 0.3) is 0 Å². The van der Waals surface area contributed by atoms with Gasteiger partial charge in [-0.05, 0) is 50.1 Å². The molecular formula is C24H30ClN3O4. The fourth-order valence-corrected chi connectivity index (χ4v) is 3.74. The number of nitrogens with one attached hydrogen (secondary N) is 1. The molecule has 1 aliphatic heterocycles. The van der Waals surface area contributed by atoms with E-state index in [1.54, 1.807) is 29.2 Å². The summed E-state index contributed by atoms with van der Waals surface area (Å²) in [4.78, 5) is 28.8. The molecule has 172 valence electrons. The molecule has 0 atom stereocenters. The Morgan fingerprint density at radius 3 is 2.44 bits per heavy atom. The summed E-state index contributed by atoms with van der Waals surface area (Å²) >= 11 is 5.98. The second-order valence-corrected chi connectivity index (χ2v) is 7.93. The summed E-state index contributed by atoms with van der Waals surface area (Å²) < 4.78 is 11.4. The summed E-state index contributed by atoms with van der Waals surface area (Å²) in [6, 6.07) is 14.4. The number of carbonyl (C=O) groups excluding carboxylic acids is 2. The van der Waals surface area contributed by atoms with Gasteiger partial charge in [0.2, 0.25) is 5.91 Å². The van der Waals surface area contributed by atoms with Crippen molar-refractivity contribution in [3.8, 4) is 11.5 Å². The van der Waals surface area contributed by atoms with Crippen LogP contribution in [0.4, 0.5) is 10.5 Å². The van der Waals surface area contributed by atoms with E-state index in [-0.39, 0.29) is 11.9 Å². The summed E-state index contributed by atoms with van der Waals surface area (Å²) in [5, 5.41) is 3.44. The van der Waals surface area contributed by atoms with Gasteiger partial charge < -0.3 is 24.6 Å². The molecule has 1 fully saturated rings. The SMILES string of the molecule is CCOc1ccccc1OCCCC(=O)N1CCCN(C(=O)Nc2cccc(Cl)c2)CC1. The second-order valence-electron chi connectivity index (χ2n) is 7.49. The summed E-state index contributed by atoms with van der Waals surface area (Å²) in [6.45, 7) is 5.21. The summed E-state index contributed by atoms with van der Waals surface area (Å²) in [5.74, 6) is 1.49. The number of urea groups is 1. The van der Waals surface area contributed by atoms with Gasteiger partial charge in [0, 0.05) is 43.3 Å². The lowest BCUT2D eigenvalue weighted by molar-refractivity contribution is -0.131. The molecule has 1 N–H and O–H groups in total. The van der Waals surface area contributed by atoms with Crippen molar-refractivity contribution in [1.29, 1.82) is 0 Å². The van der Waals surface area contributed by atoms with Gasteiger partial charge in [-0.3, -0.25) is 4.79 Å². The Morgan fingerprint density at radius 1 is 0.969 bits per heavy atom. The molecule has 0 saturated carbocycles. The number of anilines is 1. The Kier molecular flexibility index (Phi) is 9.04. The van der Waals surface area contributed by atoms with Crippen LogP contribution in [-0.4, -0.2) is 61.1 Å². The van der Waals surface area contributed by atoms with Crippen molar-refractivity contribution in [3.63, 3.8) is 0 Å². The molecule has 1 aliphatic rings. The first-order valence-corrected chi connectivity index (χ1v) is 11.4. The molecule has 7 nitrogen and oxygen atoms in total. The number of halogens is 1. The second kappa shape index (κ2) is 12.2. The lowest BCUT2D eigenvalue weighted by Gasteiger charge is -2.22. The monoisotopic (exact) mass is 459 g/mol. The number of rotatable bonds is 8. The third-order valence-electron chi connectivity index (χ3n) is 5.15. The molecule has 32 heavy (non-hydrogen) atoms. The van der Waals surface area contributed by atoms with Crippen LogP contribution in [0.1, 0.15) is 26.2 Å². The minimum Gasteiger partial charge on any atom is -0.490 e. The average Bonchev–Trinajstić information content (AvgIpc) is 3.04. The van der Waals surface area contributed by atoms with Gasteiger partial charge in [-0.1, -0.05) is 29.8 Å². The van der Waals surface area contributed by atoms with Crippen LogP contribution in [0, 0.1) is 0 Å². The first-order valence-electron chi connectivity index (χ1n) is 11.0. The minimum absolute atomic E-state index is 0.0868. The molecule has 0 radical (unpaired) electrons. The zero-order valence-corrected chi connectivity index (χ0v) is 19.1. The van der Waals surface area contributed by atoms with Crippen molar-refractivity contribution in [2.24, 2.45) is 0 Å². The molecule has 0 aliphatic carbocycles. The molecular weight excluding hydrogens is 430 g/mol. The molecule has 2 aromatic carbocycles. The van der Waals surface area contributed by atoms with E-state index in [9.17, 15) is 9.59 Å². The van der Waals surface area contributed by atoms with Crippen molar-refractivity contribution in [2.45, 2.75) is 26.2 Å². The molecule has 2 aromatic rings. The number of hydrogen-bond acceptors (Lipinski definition) is 4. The molecule has 0 spiro atoms. The van der Waals surface area contributed by atoms with Crippen molar-refractivity contribution >= 4 is 29.2 Å². The van der Waals surface area contributed by atoms with Crippen molar-refractivity contribution in [1.82, 2.24) is 9.80 Å². The predicted molar refractivity (Wildman–Crippen MR) is 126 cm³/mol. The van der Waals surface area contributed by atoms with Crippen molar-refractivity contribution in [2.75, 3.05) is 44.7 Å². The third kappa shape index (κ3) is 7.05. The van der Waals surface area contributed by atoms with E-state index in [0.717, 1.165) is 6.42 Å². The highest BCUT2D eigenvalue weighted by Crippen LogP contribution is 2.26. The summed E-state index contributed by atoms with van der Waals surface area (Å²) in [5.41, 5.74) is 0.658. The van der Waals surface area contributed by atoms with Crippen LogP contribution >= 0.6 is 11.6 Å². The van der Waals surface area contributed by atoms with E-state index in [1.807, 2.05) is 36.1 Å². The van der Waals surface area contributed by atoms with E-state index in [1.165, 1.54) is 0 Å². The molecule has 0 aromatic heterocycles. The fourth-order valence-electron chi connectivity index (χ4n) is 3.55. The number of para-hydroxylation sites is 2. The number of ether oxygens (including phenoxy) is 2. The topological polar surface area (TPSA) is 71.1 Å². The Morgan fingerprint density at radius 2 is 1.69 bits per heavy atom. The molecule has 3 rings (SSSR count). The van der Waals surface area contributed by atoms with Crippen molar-refractivity contribution < 1.29 is 19.1 Å². The normalized spacial score (nSPS) is 13.9. The lowest BCUT2D eigenvalue weighted by Crippen LogP contribution is -2.39. The van der Waals surface area contributed by atoms with E-state index in [4.69, 9.17) is 21.1 Å². The highest BCUT2D eigenvalue weighted by atomic mass is 35.5. The van der Waals surface area contributed by atoms with Crippen LogP contribution in [0.15, 0.2) is 48.5 Å². The van der Waals surface area contributed by atoms with E-state index in [2.05, 4.69) is 5.32 Å². The number of nitrogens with zero attached hydrogens (tertiary/aromatic N) is 2. The van der Waals surface area contributed by atoms with Crippen LogP contribution in [0.3, 0.4) is 0 Å². The zero-order valence-electron chi connectivity index (χ0n) is 18.4. The molecule has 0 bridgehead atoms. The maximum atomic E-state index is 12.6. The number of benzene rings is 2. The quantitative estimate of drug-likeness (QED) is 0.582. The summed E-state index contributed by atoms with van der Waals surface area (Å²) in [6.07, 6.45) is 1.77. The Balaban J connectivity index is 1.41. The maximum absolute atomic E-state index is 12.6. The Labute approximate surface area is 194 Å². The van der Waals surface area contributed by atoms with Gasteiger partial charge in [0.1, 0.15) is 0 Å². The smallest absolute Gasteiger partial charge is 0.321 e. The fraction of sp³-hybridized carbons (Fsp3) is 0.417. The van der Waals surface area contributed by atoms with E-state index < -0.39 is 0 Å². The molecule has 1 heterocycles. The van der Waals surface area contributed by atoms with Gasteiger partial charge in [0.05, 0.1) is 13.2 Å². The van der Waals surface area contributed by atoms with Crippen LogP contribution < -0.4 is 14.8 Å². The van der Waals surface area contributed by atoms with Crippen LogP contribution in [0.25, 0.3) is 0 Å². The average molecular weight is 460 g/mol. The Bertz CT molecular complexity index is 908. The zero-order chi connectivity index (χ0) is 22.8. The molecule has 0 unspecified atom stereocenters. The van der Waals surface area contributed by atoms with Crippen molar-refractivity contribution in [3.05, 3.63) is 53.6 Å². The molecule has 3 amide bonds. The predicted octanol–water partition coefficient (Wildman–Crippen LogP) is 4.66. The van der Waals surface area contributed by atoms with Gasteiger partial charge in [0.15, 0.2) is 11.5 Å². The number of hydrogen-bond donors (Lipinski definition) is 1. The number of carbonyl (C=O) groups is 2. The van der Waals surface area contributed by atoms with Gasteiger partial charge in [-0.2, -0.15) is 0 Å². The van der Waals surface area contributed by atoms with Crippen LogP contribution in [0.2, 0.25) is 5.02 Å². The van der Waals surface area contributed by atoms with Gasteiger partial charge in [-0.15, -0.1) is 0 Å². The van der Waals surface area contributed by atoms with E-state index in [0.29, 0.717) is 74.4 Å². The molecule has 1 saturated heterocycles. The first-order chi connectivity index (χ1) is 15.6. The molecule has 8 heteroatoms. The lowest BCUT2D eigenvalue weighted by atomic mass is 10.2. The van der Waals surface area contributed by atoms with E-state index >= 15 is 0 Å². The first kappa shape index (κ1) is 23.7. The summed E-state index contributed by atoms with van der Waals surface area (Å²) in [7, 11) is 0. The number of amides is 3. The van der Waals surface area contributed by atoms with Crippen LogP contribution in [0.5, 0.6) is 11.5 Å². The third-order valence-corrected chi connectivity index (χ3v) is 5.39. The van der Waals surface area contributed by atoms with Crippen LogP contribution in [-0.2, 0) is 4.79 Å². The van der Waals surface area contributed by atoms with Gasteiger partial charge in [-0.25, -0.2) is 4.79 Å². The minimum atomic E-state index is -0.178. The standard InChI is InChI=1S/C24H30ClN3O4/c1-2-31-21-10-3-4-11-22(21)32-17-6-12-23(29)27-13-7-14-28(16-15-27)24(30)26-20-9-5-8-19(25)18-20/h3-5,8-11,18H,2,6-7,12-17H2,1H3,(H,26,30). The largest absolute Gasteiger partial charge is 0.490 e. The van der Waals surface area contributed by atoms with Gasteiger partial charge >= 0.3 is 6.03 Å². The highest BCUT2D eigenvalue weighted by molar-refractivity contribution is 6.30.